The minimum absolute atomic E-state index is 0.0212. The Morgan fingerprint density at radius 3 is 2.43 bits per heavy atom. The Bertz CT molecular complexity index is 210. The molecule has 1 aliphatic heterocycles. The molecule has 4 unspecified atom stereocenters. The van der Waals surface area contributed by atoms with Crippen LogP contribution in [0.5, 0.6) is 0 Å². The highest BCUT2D eigenvalue weighted by Crippen LogP contribution is 2.31. The summed E-state index contributed by atoms with van der Waals surface area (Å²) in [6.07, 6.45) is 0.245. The van der Waals surface area contributed by atoms with Gasteiger partial charge in [0, 0.05) is 11.0 Å². The van der Waals surface area contributed by atoms with Crippen LogP contribution in [-0.2, 0) is 9.53 Å². The van der Waals surface area contributed by atoms with Gasteiger partial charge in [0.1, 0.15) is 0 Å². The number of alkyl halides is 1. The molecule has 1 saturated heterocycles. The second-order valence-electron chi connectivity index (χ2n) is 3.91. The number of hydrogen-bond acceptors (Lipinski definition) is 2. The Balaban J connectivity index is 2.53. The number of amides is 1. The highest BCUT2D eigenvalue weighted by atomic mass is 127. The molecule has 1 aliphatic rings. The van der Waals surface area contributed by atoms with Crippen molar-refractivity contribution >= 4 is 28.5 Å². The molecule has 82 valence electrons. The number of ether oxygens (including phenoxy) is 1. The molecule has 0 spiro atoms. The van der Waals surface area contributed by atoms with Crippen molar-refractivity contribution in [3.63, 3.8) is 0 Å². The van der Waals surface area contributed by atoms with Gasteiger partial charge in [0.05, 0.1) is 18.1 Å². The van der Waals surface area contributed by atoms with Crippen LogP contribution in [-0.4, -0.2) is 29.1 Å². The minimum Gasteiger partial charge on any atom is -0.374 e. The molecule has 0 radical (unpaired) electrons. The molecule has 4 atom stereocenters. The van der Waals surface area contributed by atoms with E-state index in [-0.39, 0.29) is 24.0 Å². The zero-order valence-corrected chi connectivity index (χ0v) is 11.1. The van der Waals surface area contributed by atoms with Crippen molar-refractivity contribution in [2.75, 3.05) is 11.0 Å². The molecule has 3 nitrogen and oxygen atoms in total. The van der Waals surface area contributed by atoms with Crippen LogP contribution in [0, 0.1) is 11.8 Å². The average Bonchev–Trinajstić information content (AvgIpc) is 2.38. The molecule has 1 amide bonds. The molecule has 1 N–H and O–H groups in total. The summed E-state index contributed by atoms with van der Waals surface area (Å²) in [5.74, 6) is 0.484. The van der Waals surface area contributed by atoms with Gasteiger partial charge in [0.2, 0.25) is 5.91 Å². The van der Waals surface area contributed by atoms with Gasteiger partial charge in [-0.2, -0.15) is 0 Å². The van der Waals surface area contributed by atoms with Crippen molar-refractivity contribution in [3.05, 3.63) is 0 Å². The maximum Gasteiger partial charge on any atom is 0.226 e. The summed E-state index contributed by atoms with van der Waals surface area (Å²) in [6.45, 7) is 6.85. The van der Waals surface area contributed by atoms with E-state index < -0.39 is 0 Å². The lowest BCUT2D eigenvalue weighted by Gasteiger charge is -2.17. The number of halogens is 1. The predicted octanol–water partition coefficient (Wildman–Crippen LogP) is 1.60. The van der Waals surface area contributed by atoms with E-state index in [0.717, 1.165) is 11.0 Å². The topological polar surface area (TPSA) is 38.3 Å². The fourth-order valence-corrected chi connectivity index (χ4v) is 2.28. The van der Waals surface area contributed by atoms with Crippen LogP contribution in [0.4, 0.5) is 0 Å². The molecule has 0 aliphatic carbocycles. The molecule has 14 heavy (non-hydrogen) atoms. The number of rotatable bonds is 3. The van der Waals surface area contributed by atoms with E-state index in [1.807, 2.05) is 13.8 Å². The first kappa shape index (κ1) is 12.2. The number of carbonyl (C=O) groups excluding carboxylic acids is 1. The summed E-state index contributed by atoms with van der Waals surface area (Å²) in [4.78, 5) is 11.8. The highest BCUT2D eigenvalue weighted by molar-refractivity contribution is 14.1. The molecule has 0 aromatic rings. The highest BCUT2D eigenvalue weighted by Gasteiger charge is 2.41. The molecule has 1 heterocycles. The first-order valence-corrected chi connectivity index (χ1v) is 6.59. The zero-order chi connectivity index (χ0) is 10.7. The van der Waals surface area contributed by atoms with Gasteiger partial charge in [-0.15, -0.1) is 0 Å². The van der Waals surface area contributed by atoms with Crippen LogP contribution in [0.2, 0.25) is 0 Å². The van der Waals surface area contributed by atoms with Crippen molar-refractivity contribution < 1.29 is 9.53 Å². The monoisotopic (exact) mass is 311 g/mol. The summed E-state index contributed by atoms with van der Waals surface area (Å²) >= 11 is 2.25. The Hall–Kier alpha value is 0.160. The molecule has 0 saturated carbocycles. The van der Waals surface area contributed by atoms with Gasteiger partial charge < -0.3 is 10.1 Å². The Labute approximate surface area is 99.1 Å². The third-order valence-electron chi connectivity index (χ3n) is 2.94. The number of hydrogen-bond donors (Lipinski definition) is 1. The average molecular weight is 311 g/mol. The summed E-state index contributed by atoms with van der Waals surface area (Å²) in [5.41, 5.74) is 0. The summed E-state index contributed by atoms with van der Waals surface area (Å²) in [6, 6.07) is 0. The van der Waals surface area contributed by atoms with Crippen LogP contribution in [0.1, 0.15) is 20.8 Å². The molecule has 4 heteroatoms. The largest absolute Gasteiger partial charge is 0.374 e. The van der Waals surface area contributed by atoms with Crippen LogP contribution >= 0.6 is 22.6 Å². The first-order chi connectivity index (χ1) is 6.57. The van der Waals surface area contributed by atoms with E-state index in [0.29, 0.717) is 5.92 Å². The fourth-order valence-electron chi connectivity index (χ4n) is 2.01. The van der Waals surface area contributed by atoms with Crippen molar-refractivity contribution in [1.29, 1.82) is 0 Å². The summed E-state index contributed by atoms with van der Waals surface area (Å²) in [5, 5.41) is 2.93. The van der Waals surface area contributed by atoms with Crippen molar-refractivity contribution in [2.45, 2.75) is 33.0 Å². The Kier molecular flexibility index (Phi) is 4.63. The van der Waals surface area contributed by atoms with E-state index in [2.05, 4.69) is 34.8 Å². The van der Waals surface area contributed by atoms with E-state index in [9.17, 15) is 4.79 Å². The van der Waals surface area contributed by atoms with E-state index in [1.165, 1.54) is 0 Å². The molecule has 1 fully saturated rings. The molecule has 0 aromatic carbocycles. The van der Waals surface area contributed by atoms with Crippen LogP contribution < -0.4 is 5.32 Å². The van der Waals surface area contributed by atoms with Gasteiger partial charge in [0.25, 0.3) is 0 Å². The van der Waals surface area contributed by atoms with Crippen molar-refractivity contribution in [2.24, 2.45) is 11.8 Å². The van der Waals surface area contributed by atoms with Crippen molar-refractivity contribution in [1.82, 2.24) is 5.32 Å². The third kappa shape index (κ3) is 2.59. The second kappa shape index (κ2) is 5.30. The van der Waals surface area contributed by atoms with Gasteiger partial charge >= 0.3 is 0 Å². The molecule has 1 rings (SSSR count). The van der Waals surface area contributed by atoms with Crippen molar-refractivity contribution in [3.8, 4) is 0 Å². The van der Waals surface area contributed by atoms with Gasteiger partial charge in [-0.05, 0) is 19.8 Å². The lowest BCUT2D eigenvalue weighted by molar-refractivity contribution is -0.127. The van der Waals surface area contributed by atoms with Gasteiger partial charge in [-0.25, -0.2) is 0 Å². The summed E-state index contributed by atoms with van der Waals surface area (Å²) < 4.78 is 6.58. The van der Waals surface area contributed by atoms with E-state index in [1.54, 1.807) is 0 Å². The SMILES string of the molecule is CC1OC(C)C(C(=O)NCCI)C1C. The lowest BCUT2D eigenvalue weighted by Crippen LogP contribution is -2.38. The first-order valence-electron chi connectivity index (χ1n) is 5.07. The van der Waals surface area contributed by atoms with Crippen LogP contribution in [0.15, 0.2) is 0 Å². The molecule has 0 bridgehead atoms. The standard InChI is InChI=1S/C10H18INO2/c1-6-7(2)14-8(3)9(6)10(13)12-5-4-11/h6-9H,4-5H2,1-3H3,(H,12,13). The second-order valence-corrected chi connectivity index (χ2v) is 4.99. The molecular formula is C10H18INO2. The minimum atomic E-state index is 0.0212. The lowest BCUT2D eigenvalue weighted by atomic mass is 9.89. The molecular weight excluding hydrogens is 293 g/mol. The number of nitrogens with one attached hydrogen (secondary N) is 1. The Morgan fingerprint density at radius 2 is 2.00 bits per heavy atom. The maximum atomic E-state index is 11.8. The van der Waals surface area contributed by atoms with Gasteiger partial charge in [-0.3, -0.25) is 4.79 Å². The smallest absolute Gasteiger partial charge is 0.226 e. The predicted molar refractivity (Wildman–Crippen MR) is 64.6 cm³/mol. The summed E-state index contributed by atoms with van der Waals surface area (Å²) in [7, 11) is 0. The normalized spacial score (nSPS) is 37.1. The van der Waals surface area contributed by atoms with Gasteiger partial charge in [-0.1, -0.05) is 29.5 Å². The van der Waals surface area contributed by atoms with E-state index >= 15 is 0 Å². The maximum absolute atomic E-state index is 11.8. The van der Waals surface area contributed by atoms with Crippen LogP contribution in [0.3, 0.4) is 0 Å². The van der Waals surface area contributed by atoms with Crippen LogP contribution in [0.25, 0.3) is 0 Å². The zero-order valence-electron chi connectivity index (χ0n) is 8.92. The fraction of sp³-hybridized carbons (Fsp3) is 0.900. The third-order valence-corrected chi connectivity index (χ3v) is 3.48. The van der Waals surface area contributed by atoms with E-state index in [4.69, 9.17) is 4.74 Å². The van der Waals surface area contributed by atoms with Gasteiger partial charge in [0.15, 0.2) is 0 Å². The quantitative estimate of drug-likeness (QED) is 0.635. The molecule has 0 aromatic heterocycles. The number of carbonyl (C=O) groups is 1. The Morgan fingerprint density at radius 1 is 1.36 bits per heavy atom.